The first-order valence-corrected chi connectivity index (χ1v) is 27.8. The molecule has 6 atom stereocenters. The molecule has 21 nitrogen and oxygen atoms in total. The lowest BCUT2D eigenvalue weighted by Crippen LogP contribution is -2.47. The number of hydrogen-bond donors (Lipinski definition) is 4. The number of amides is 3. The van der Waals surface area contributed by atoms with Crippen LogP contribution in [-0.2, 0) is 32.3 Å². The van der Waals surface area contributed by atoms with Crippen LogP contribution in [0.25, 0.3) is 44.1 Å². The number of carboxylic acids is 1. The van der Waals surface area contributed by atoms with Crippen molar-refractivity contribution in [1.29, 1.82) is 0 Å². The summed E-state index contributed by atoms with van der Waals surface area (Å²) in [6.07, 6.45) is 10.5. The lowest BCUT2D eigenvalue weighted by atomic mass is 10.0. The van der Waals surface area contributed by atoms with Gasteiger partial charge in [-0.15, -0.1) is 0 Å². The number of aromatic nitrogens is 10. The number of aryl methyl sites for hydroxylation is 4. The number of likely N-dealkylation sites (tertiary alicyclic amines) is 1. The number of halogens is 2. The quantitative estimate of drug-likeness (QED) is 0.0657. The van der Waals surface area contributed by atoms with Gasteiger partial charge in [0, 0.05) is 72.6 Å². The van der Waals surface area contributed by atoms with Crippen LogP contribution < -0.4 is 16.0 Å². The third-order valence-electron chi connectivity index (χ3n) is 15.5. The number of Topliss-reactive ketones (excluding diaryl/α,β-unsaturated/α-hetero) is 2. The average Bonchev–Trinajstić information content (AvgIpc) is 2.36. The van der Waals surface area contributed by atoms with Crippen molar-refractivity contribution in [2.24, 2.45) is 10.8 Å². The fourth-order valence-corrected chi connectivity index (χ4v) is 11.4. The summed E-state index contributed by atoms with van der Waals surface area (Å²) >= 11 is 6.67. The van der Waals surface area contributed by atoms with Gasteiger partial charge in [0.05, 0.1) is 17.1 Å². The molecule has 8 heterocycles. The molecule has 81 heavy (non-hydrogen) atoms. The van der Waals surface area contributed by atoms with Crippen molar-refractivity contribution in [2.45, 2.75) is 118 Å². The molecule has 12 rings (SSSR count). The molecule has 0 radical (unpaired) electrons. The minimum Gasteiger partial charge on any atom is -0.480 e. The van der Waals surface area contributed by atoms with Crippen molar-refractivity contribution in [3.63, 3.8) is 0 Å². The van der Waals surface area contributed by atoms with E-state index >= 15 is 0 Å². The Morgan fingerprint density at radius 1 is 0.617 bits per heavy atom. The standard InChI is InChI=1S/C29H28BrN7O3.C16H14N4O3.C13H16BrN3O/c1-15-5-8-24(30)33-27(15)34-28(40)22-10-29(4)11-23(29)37(22)25(39)14-36-21-7-6-18(19-12-31-17(3)32-13-19)9-20(21)26(35-36)16(2)38;1-9(21)16-13-5-11(12-6-17-10(2)18-7-12)3-4-14(13)20(19-16)8-15(22)23;1-7-3-4-10(14)16-11(7)17-12(18)8-5-13(2)6-9(13)15-8/h5-9,12-13,22-23H,10-11,14H2,1-4H3,(H,33,34,40);3-7H,8H2,1-2H3,(H,22,23);3-4,8-9,15H,5-6H2,1-2H3,(H,16,17,18)/t22-,23+,29-;;8-,9+,13-/m0.0/s1. The minimum absolute atomic E-state index is 0.00504. The number of aliphatic carboxylic acids is 1. The Morgan fingerprint density at radius 3 is 1.56 bits per heavy atom. The number of piperidine rings is 2. The van der Waals surface area contributed by atoms with Crippen molar-refractivity contribution >= 4 is 101 Å². The van der Waals surface area contributed by atoms with Gasteiger partial charge in [-0.05, 0) is 155 Å². The van der Waals surface area contributed by atoms with E-state index in [-0.39, 0.29) is 65.6 Å². The fraction of sp³-hybridized carbons (Fsp3) is 0.345. The molecule has 2 aliphatic carbocycles. The molecule has 2 saturated carbocycles. The van der Waals surface area contributed by atoms with Crippen molar-refractivity contribution in [3.8, 4) is 22.3 Å². The van der Waals surface area contributed by atoms with Gasteiger partial charge in [-0.3, -0.25) is 38.1 Å². The Bertz CT molecular complexity index is 3870. The number of hydrogen-bond acceptors (Lipinski definition) is 15. The van der Waals surface area contributed by atoms with E-state index in [9.17, 15) is 28.8 Å². The van der Waals surface area contributed by atoms with Crippen LogP contribution in [0, 0.1) is 38.5 Å². The van der Waals surface area contributed by atoms with Crippen LogP contribution in [-0.4, -0.2) is 119 Å². The molecule has 4 fully saturated rings. The second-order valence-corrected chi connectivity index (χ2v) is 23.5. The molecule has 0 bridgehead atoms. The molecular weight excluding hydrogens is 1160 g/mol. The van der Waals surface area contributed by atoms with Gasteiger partial charge in [0.25, 0.3) is 0 Å². The maximum absolute atomic E-state index is 13.8. The van der Waals surface area contributed by atoms with Crippen molar-refractivity contribution < 1.29 is 33.9 Å². The molecule has 4 aliphatic rings. The van der Waals surface area contributed by atoms with Gasteiger partial charge < -0.3 is 26.0 Å². The predicted molar refractivity (Wildman–Crippen MR) is 309 cm³/mol. The number of nitrogens with one attached hydrogen (secondary N) is 3. The molecule has 0 spiro atoms. The third-order valence-corrected chi connectivity index (χ3v) is 16.4. The number of fused-ring (bicyclic) bond motifs is 4. The third kappa shape index (κ3) is 11.9. The lowest BCUT2D eigenvalue weighted by Gasteiger charge is -2.27. The average molecular weight is 1220 g/mol. The van der Waals surface area contributed by atoms with Gasteiger partial charge in [0.1, 0.15) is 63.0 Å². The molecule has 0 unspecified atom stereocenters. The predicted octanol–water partition coefficient (Wildman–Crippen LogP) is 8.81. The summed E-state index contributed by atoms with van der Waals surface area (Å²) < 4.78 is 4.24. The number of carbonyl (C=O) groups is 6. The van der Waals surface area contributed by atoms with Gasteiger partial charge >= 0.3 is 5.97 Å². The van der Waals surface area contributed by atoms with Crippen LogP contribution in [0.4, 0.5) is 11.6 Å². The zero-order valence-corrected chi connectivity index (χ0v) is 48.9. The summed E-state index contributed by atoms with van der Waals surface area (Å²) in [4.78, 5) is 102. The van der Waals surface area contributed by atoms with E-state index in [2.05, 4.69) is 102 Å². The van der Waals surface area contributed by atoms with Gasteiger partial charge in [-0.2, -0.15) is 10.2 Å². The molecule has 2 saturated heterocycles. The highest BCUT2D eigenvalue weighted by molar-refractivity contribution is 9.10. The Balaban J connectivity index is 0.000000151. The molecule has 6 aromatic heterocycles. The SMILES string of the molecule is CC(=O)c1nn(CC(=O)N2[C@H](C(=O)Nc3nc(Br)ccc3C)C[C@@]3(C)C[C@@H]23)c2ccc(-c3cnc(C)nc3)cc12.CC(=O)c1nn(CC(=O)O)c2ccc(-c3cnc(C)nc3)cc12.Cc1ccc(Br)nc1NC(=O)[C@@H]1C[C@@]2(C)C[C@H]2N1. The smallest absolute Gasteiger partial charge is 0.325 e. The number of rotatable bonds is 12. The number of anilines is 2. The van der Waals surface area contributed by atoms with Crippen LogP contribution in [0.15, 0.2) is 94.7 Å². The molecule has 4 N–H and O–H groups in total. The Morgan fingerprint density at radius 2 is 1.10 bits per heavy atom. The van der Waals surface area contributed by atoms with Crippen LogP contribution >= 0.6 is 31.9 Å². The highest BCUT2D eigenvalue weighted by Crippen LogP contribution is 2.59. The fourth-order valence-electron chi connectivity index (χ4n) is 10.8. The maximum Gasteiger partial charge on any atom is 0.325 e. The zero-order valence-electron chi connectivity index (χ0n) is 45.7. The number of benzene rings is 2. The van der Waals surface area contributed by atoms with E-state index in [0.717, 1.165) is 50.8 Å². The number of carbonyl (C=O) groups excluding carboxylic acids is 5. The normalized spacial score (nSPS) is 21.0. The summed E-state index contributed by atoms with van der Waals surface area (Å²) in [5.74, 6) is 0.597. The number of pyridine rings is 2. The molecule has 8 aromatic rings. The van der Waals surface area contributed by atoms with E-state index in [1.54, 1.807) is 47.4 Å². The maximum atomic E-state index is 13.8. The van der Waals surface area contributed by atoms with Gasteiger partial charge in [-0.1, -0.05) is 38.1 Å². The van der Waals surface area contributed by atoms with E-state index in [4.69, 9.17) is 5.11 Å². The van der Waals surface area contributed by atoms with Gasteiger partial charge in [-0.25, -0.2) is 29.9 Å². The van der Waals surface area contributed by atoms with Gasteiger partial charge in [0.2, 0.25) is 17.7 Å². The molecule has 2 aliphatic heterocycles. The molecule has 23 heteroatoms. The second-order valence-electron chi connectivity index (χ2n) is 21.8. The first-order valence-electron chi connectivity index (χ1n) is 26.3. The topological polar surface area (TPSA) is 275 Å². The minimum atomic E-state index is -1.01. The summed E-state index contributed by atoms with van der Waals surface area (Å²) in [7, 11) is 0. The first-order chi connectivity index (χ1) is 38.5. The van der Waals surface area contributed by atoms with Crippen molar-refractivity contribution in [1.82, 2.24) is 59.7 Å². The highest BCUT2D eigenvalue weighted by Gasteiger charge is 2.64. The first kappa shape index (κ1) is 56.3. The second kappa shape index (κ2) is 22.1. The van der Waals surface area contributed by atoms with Crippen LogP contribution in [0.1, 0.15) is 97.1 Å². The Labute approximate surface area is 482 Å². The van der Waals surface area contributed by atoms with E-state index < -0.39 is 12.0 Å². The number of carboxylic acid groups (broad SMARTS) is 1. The van der Waals surface area contributed by atoms with Crippen LogP contribution in [0.3, 0.4) is 0 Å². The highest BCUT2D eigenvalue weighted by atomic mass is 79.9. The van der Waals surface area contributed by atoms with E-state index in [1.807, 2.05) is 75.4 Å². The number of ketones is 2. The van der Waals surface area contributed by atoms with Crippen LogP contribution in [0.5, 0.6) is 0 Å². The molecule has 2 aromatic carbocycles. The molecule has 3 amide bonds. The van der Waals surface area contributed by atoms with Crippen molar-refractivity contribution in [3.05, 3.63) is 129 Å². The van der Waals surface area contributed by atoms with Crippen molar-refractivity contribution in [2.75, 3.05) is 10.6 Å². The number of nitrogens with zero attached hydrogens (tertiary/aromatic N) is 11. The molecular formula is C58H58Br2N14O7. The van der Waals surface area contributed by atoms with Gasteiger partial charge in [0.15, 0.2) is 11.6 Å². The Kier molecular flexibility index (Phi) is 15.4. The van der Waals surface area contributed by atoms with E-state index in [1.165, 1.54) is 25.0 Å². The Hall–Kier alpha value is -8.02. The zero-order chi connectivity index (χ0) is 57.8. The summed E-state index contributed by atoms with van der Waals surface area (Å²) in [6.45, 7) is 14.3. The van der Waals surface area contributed by atoms with E-state index in [0.29, 0.717) is 73.3 Å². The summed E-state index contributed by atoms with van der Waals surface area (Å²) in [5, 5.41) is 28.1. The summed E-state index contributed by atoms with van der Waals surface area (Å²) in [6, 6.07) is 18.4. The lowest BCUT2D eigenvalue weighted by molar-refractivity contribution is -0.138. The van der Waals surface area contributed by atoms with Crippen LogP contribution in [0.2, 0.25) is 0 Å². The monoisotopic (exact) mass is 1220 g/mol. The summed E-state index contributed by atoms with van der Waals surface area (Å²) in [5.41, 5.74) is 7.23. The molecule has 416 valence electrons. The largest absolute Gasteiger partial charge is 0.480 e.